The molecule has 1 aliphatic rings. The van der Waals surface area contributed by atoms with E-state index in [1.54, 1.807) is 24.3 Å². The van der Waals surface area contributed by atoms with Crippen LogP contribution in [0, 0.1) is 5.92 Å². The first-order valence-corrected chi connectivity index (χ1v) is 7.34. The number of nitrogens with one attached hydrogen (secondary N) is 2. The minimum absolute atomic E-state index is 0.104. The summed E-state index contributed by atoms with van der Waals surface area (Å²) >= 11 is 0. The molecule has 0 fully saturated rings. The van der Waals surface area contributed by atoms with Crippen LogP contribution >= 0.6 is 0 Å². The van der Waals surface area contributed by atoms with Crippen LogP contribution in [0.1, 0.15) is 43.0 Å². The number of amides is 2. The van der Waals surface area contributed by atoms with Crippen molar-refractivity contribution in [1.29, 1.82) is 0 Å². The van der Waals surface area contributed by atoms with Crippen LogP contribution in [0.4, 0.5) is 5.69 Å². The zero-order valence-corrected chi connectivity index (χ0v) is 12.1. The zero-order valence-electron chi connectivity index (χ0n) is 12.1. The van der Waals surface area contributed by atoms with E-state index in [2.05, 4.69) is 17.6 Å². The third kappa shape index (κ3) is 3.68. The summed E-state index contributed by atoms with van der Waals surface area (Å²) in [4.78, 5) is 36.5. The molecule has 0 spiro atoms. The van der Waals surface area contributed by atoms with E-state index in [1.165, 1.54) is 0 Å². The number of hydrogen-bond acceptors (Lipinski definition) is 3. The number of ketones is 1. The van der Waals surface area contributed by atoms with Crippen molar-refractivity contribution in [3.05, 3.63) is 29.8 Å². The molecule has 2 rings (SSSR count). The number of para-hydroxylation sites is 1. The van der Waals surface area contributed by atoms with E-state index < -0.39 is 5.92 Å². The molecule has 0 saturated carbocycles. The number of fused-ring (bicyclic) bond motifs is 1. The molecule has 2 amide bonds. The third-order valence-corrected chi connectivity index (χ3v) is 3.57. The molecule has 2 N–H and O–H groups in total. The first kappa shape index (κ1) is 15.2. The van der Waals surface area contributed by atoms with Gasteiger partial charge in [-0.1, -0.05) is 31.9 Å². The predicted molar refractivity (Wildman–Crippen MR) is 80.0 cm³/mol. The fourth-order valence-corrected chi connectivity index (χ4v) is 2.40. The Bertz CT molecular complexity index is 554. The maximum atomic E-state index is 12.5. The lowest BCUT2D eigenvalue weighted by Crippen LogP contribution is -2.36. The van der Waals surface area contributed by atoms with Crippen LogP contribution in [-0.4, -0.2) is 24.1 Å². The molecule has 1 aromatic carbocycles. The van der Waals surface area contributed by atoms with E-state index in [9.17, 15) is 14.4 Å². The Hall–Kier alpha value is -2.17. The summed E-state index contributed by atoms with van der Waals surface area (Å²) < 4.78 is 0. The molecule has 1 heterocycles. The highest BCUT2D eigenvalue weighted by molar-refractivity contribution is 6.18. The van der Waals surface area contributed by atoms with E-state index in [4.69, 9.17) is 0 Å². The maximum Gasteiger partial charge on any atom is 0.231 e. The maximum absolute atomic E-state index is 12.5. The molecule has 112 valence electrons. The molecule has 5 nitrogen and oxygen atoms in total. The first-order valence-electron chi connectivity index (χ1n) is 7.34. The Labute approximate surface area is 124 Å². The quantitative estimate of drug-likeness (QED) is 0.644. The van der Waals surface area contributed by atoms with Crippen LogP contribution in [0.5, 0.6) is 0 Å². The van der Waals surface area contributed by atoms with E-state index >= 15 is 0 Å². The van der Waals surface area contributed by atoms with Gasteiger partial charge in [0.05, 0.1) is 5.69 Å². The lowest BCUT2D eigenvalue weighted by atomic mass is 9.94. The predicted octanol–water partition coefficient (Wildman–Crippen LogP) is 2.13. The van der Waals surface area contributed by atoms with Gasteiger partial charge in [-0.25, -0.2) is 0 Å². The minimum Gasteiger partial charge on any atom is -0.355 e. The summed E-state index contributed by atoms with van der Waals surface area (Å²) in [6.07, 6.45) is 2.87. The van der Waals surface area contributed by atoms with Gasteiger partial charge in [0.25, 0.3) is 0 Å². The van der Waals surface area contributed by atoms with Crippen LogP contribution in [0.15, 0.2) is 24.3 Å². The molecule has 1 atom stereocenters. The largest absolute Gasteiger partial charge is 0.355 e. The van der Waals surface area contributed by atoms with Crippen molar-refractivity contribution in [1.82, 2.24) is 5.32 Å². The molecule has 5 heteroatoms. The van der Waals surface area contributed by atoms with Crippen molar-refractivity contribution in [2.24, 2.45) is 5.92 Å². The first-order chi connectivity index (χ1) is 10.1. The second kappa shape index (κ2) is 7.02. The Balaban J connectivity index is 2.11. The number of hydrogen-bond donors (Lipinski definition) is 2. The normalized spacial score (nSPS) is 17.7. The van der Waals surface area contributed by atoms with Crippen molar-refractivity contribution < 1.29 is 14.4 Å². The fourth-order valence-electron chi connectivity index (χ4n) is 2.40. The minimum atomic E-state index is -0.935. The third-order valence-electron chi connectivity index (χ3n) is 3.57. The van der Waals surface area contributed by atoms with Gasteiger partial charge in [0.1, 0.15) is 5.92 Å². The molecule has 0 aromatic heterocycles. The SMILES string of the molecule is CCCCCNC(=O)C1CC(=O)Nc2ccccc2C1=O. The van der Waals surface area contributed by atoms with Gasteiger partial charge < -0.3 is 10.6 Å². The highest BCUT2D eigenvalue weighted by Gasteiger charge is 2.33. The monoisotopic (exact) mass is 288 g/mol. The van der Waals surface area contributed by atoms with E-state index in [-0.39, 0.29) is 24.0 Å². The highest BCUT2D eigenvalue weighted by atomic mass is 16.2. The Morgan fingerprint density at radius 1 is 1.29 bits per heavy atom. The van der Waals surface area contributed by atoms with Crippen LogP contribution in [0.3, 0.4) is 0 Å². The average Bonchev–Trinajstić information content (AvgIpc) is 2.61. The van der Waals surface area contributed by atoms with E-state index in [0.29, 0.717) is 17.8 Å². The van der Waals surface area contributed by atoms with Crippen molar-refractivity contribution in [2.75, 3.05) is 11.9 Å². The molecule has 1 unspecified atom stereocenters. The second-order valence-corrected chi connectivity index (χ2v) is 5.21. The van der Waals surface area contributed by atoms with Gasteiger partial charge >= 0.3 is 0 Å². The zero-order chi connectivity index (χ0) is 15.2. The van der Waals surface area contributed by atoms with Gasteiger partial charge in [0.2, 0.25) is 11.8 Å². The Morgan fingerprint density at radius 3 is 2.81 bits per heavy atom. The van der Waals surface area contributed by atoms with Gasteiger partial charge in [-0.15, -0.1) is 0 Å². The summed E-state index contributed by atoms with van der Waals surface area (Å²) in [5.74, 6) is -1.89. The molecule has 0 radical (unpaired) electrons. The Morgan fingerprint density at radius 2 is 2.05 bits per heavy atom. The smallest absolute Gasteiger partial charge is 0.231 e. The average molecular weight is 288 g/mol. The topological polar surface area (TPSA) is 75.3 Å². The van der Waals surface area contributed by atoms with Gasteiger partial charge in [0.15, 0.2) is 5.78 Å². The number of carbonyl (C=O) groups is 3. The van der Waals surface area contributed by atoms with Crippen LogP contribution in [0.2, 0.25) is 0 Å². The van der Waals surface area contributed by atoms with Gasteiger partial charge in [-0.3, -0.25) is 14.4 Å². The van der Waals surface area contributed by atoms with Gasteiger partial charge in [-0.2, -0.15) is 0 Å². The number of anilines is 1. The van der Waals surface area contributed by atoms with Crippen LogP contribution in [0.25, 0.3) is 0 Å². The summed E-state index contributed by atoms with van der Waals surface area (Å²) in [5.41, 5.74) is 0.880. The number of carbonyl (C=O) groups excluding carboxylic acids is 3. The molecule has 1 aliphatic heterocycles. The van der Waals surface area contributed by atoms with Crippen molar-refractivity contribution in [2.45, 2.75) is 32.6 Å². The molecule has 21 heavy (non-hydrogen) atoms. The summed E-state index contributed by atoms with van der Waals surface area (Å²) in [6, 6.07) is 6.79. The number of unbranched alkanes of at least 4 members (excludes halogenated alkanes) is 2. The lowest BCUT2D eigenvalue weighted by Gasteiger charge is -2.12. The lowest BCUT2D eigenvalue weighted by molar-refractivity contribution is -0.127. The summed E-state index contributed by atoms with van der Waals surface area (Å²) in [5, 5.41) is 5.43. The molecule has 0 bridgehead atoms. The Kier molecular flexibility index (Phi) is 5.09. The number of rotatable bonds is 5. The highest BCUT2D eigenvalue weighted by Crippen LogP contribution is 2.25. The van der Waals surface area contributed by atoms with Gasteiger partial charge in [0, 0.05) is 18.5 Å². The van der Waals surface area contributed by atoms with Crippen molar-refractivity contribution >= 4 is 23.3 Å². The summed E-state index contributed by atoms with van der Waals surface area (Å²) in [7, 11) is 0. The second-order valence-electron chi connectivity index (χ2n) is 5.21. The van der Waals surface area contributed by atoms with E-state index in [1.807, 2.05) is 0 Å². The van der Waals surface area contributed by atoms with Crippen molar-refractivity contribution in [3.8, 4) is 0 Å². The standard InChI is InChI=1S/C16H20N2O3/c1-2-3-6-9-17-16(21)12-10-14(19)18-13-8-5-4-7-11(13)15(12)20/h4-5,7-8,12H,2-3,6,9-10H2,1H3,(H,17,21)(H,18,19). The molecular weight excluding hydrogens is 268 g/mol. The van der Waals surface area contributed by atoms with Crippen LogP contribution in [-0.2, 0) is 9.59 Å². The fraction of sp³-hybridized carbons (Fsp3) is 0.438. The molecular formula is C16H20N2O3. The number of benzene rings is 1. The number of Topliss-reactive ketones (excluding diaryl/α,β-unsaturated/α-hetero) is 1. The van der Waals surface area contributed by atoms with Gasteiger partial charge in [-0.05, 0) is 18.6 Å². The van der Waals surface area contributed by atoms with E-state index in [0.717, 1.165) is 19.3 Å². The molecule has 0 aliphatic carbocycles. The summed E-state index contributed by atoms with van der Waals surface area (Å²) in [6.45, 7) is 2.62. The molecule has 0 saturated heterocycles. The van der Waals surface area contributed by atoms with Crippen LogP contribution < -0.4 is 10.6 Å². The van der Waals surface area contributed by atoms with Crippen molar-refractivity contribution in [3.63, 3.8) is 0 Å². The molecule has 1 aromatic rings.